The van der Waals surface area contributed by atoms with Crippen LogP contribution >= 0.6 is 23.5 Å². The average molecular weight is 1290 g/mol. The van der Waals surface area contributed by atoms with Gasteiger partial charge in [-0.05, 0) is 164 Å². The molecule has 0 saturated carbocycles. The maximum atomic E-state index is 2.78. The molecule has 19 rings (SSSR count). The van der Waals surface area contributed by atoms with Crippen LogP contribution in [0.25, 0.3) is 44.5 Å². The number of fused-ring (bicyclic) bond motifs is 8. The molecule has 4 aliphatic heterocycles. The molecule has 14 aromatic carbocycles. The molecule has 14 aromatic rings. The number of thioether (sulfide) groups is 1. The van der Waals surface area contributed by atoms with E-state index in [0.29, 0.717) is 0 Å². The lowest BCUT2D eigenvalue weighted by Crippen LogP contribution is -2.59. The fourth-order valence-corrected chi connectivity index (χ4v) is 18.7. The lowest BCUT2D eigenvalue weighted by molar-refractivity contribution is 0.970. The van der Waals surface area contributed by atoms with Crippen molar-refractivity contribution < 1.29 is 0 Å². The zero-order valence-electron chi connectivity index (χ0n) is 53.6. The molecular weight excluding hydrogens is 1220 g/mol. The number of benzene rings is 14. The Labute approximate surface area is 582 Å². The number of anilines is 11. The zero-order chi connectivity index (χ0) is 64.6. The molecule has 0 bridgehead atoms. The third-order valence-electron chi connectivity index (χ3n) is 20.3. The van der Waals surface area contributed by atoms with Gasteiger partial charge in [0, 0.05) is 93.6 Å². The summed E-state index contributed by atoms with van der Waals surface area (Å²) in [4.78, 5) is 14.0. The van der Waals surface area contributed by atoms with Crippen LogP contribution in [0.1, 0.15) is 0 Å². The molecule has 0 saturated heterocycles. The highest BCUT2D eigenvalue weighted by atomic mass is 32.2. The Balaban J connectivity index is 0.881. The molecule has 8 heteroatoms. The van der Waals surface area contributed by atoms with Gasteiger partial charge < -0.3 is 19.6 Å². The van der Waals surface area contributed by atoms with Crippen LogP contribution in [-0.2, 0) is 0 Å². The second-order valence-corrected chi connectivity index (χ2v) is 28.1. The van der Waals surface area contributed by atoms with Crippen molar-refractivity contribution in [3.8, 4) is 44.5 Å². The molecule has 0 N–H and O–H groups in total. The van der Waals surface area contributed by atoms with E-state index in [4.69, 9.17) is 0 Å². The van der Waals surface area contributed by atoms with Crippen molar-refractivity contribution in [2.24, 2.45) is 0 Å². The van der Waals surface area contributed by atoms with E-state index in [0.717, 1.165) is 51.1 Å². The summed E-state index contributed by atoms with van der Waals surface area (Å²) in [6.07, 6.45) is 5.50. The molecule has 4 heterocycles. The Morgan fingerprint density at radius 2 is 0.776 bits per heavy atom. The van der Waals surface area contributed by atoms with Gasteiger partial charge in [-0.25, -0.2) is 0 Å². The smallest absolute Gasteiger partial charge is 0.249 e. The predicted molar refractivity (Wildman–Crippen MR) is 417 cm³/mol. The molecule has 1 aliphatic carbocycles. The van der Waals surface area contributed by atoms with Crippen molar-refractivity contribution in [3.63, 3.8) is 0 Å². The first-order chi connectivity index (χ1) is 48.6. The molecule has 0 fully saturated rings. The van der Waals surface area contributed by atoms with Crippen LogP contribution in [0.5, 0.6) is 0 Å². The first-order valence-electron chi connectivity index (χ1n) is 33.9. The maximum Gasteiger partial charge on any atom is 0.249 e. The van der Waals surface area contributed by atoms with Crippen LogP contribution in [0.2, 0.25) is 5.82 Å². The van der Waals surface area contributed by atoms with Crippen molar-refractivity contribution in [1.82, 2.24) is 0 Å². The Morgan fingerprint density at radius 1 is 0.306 bits per heavy atom. The molecule has 98 heavy (non-hydrogen) atoms. The minimum Gasteiger partial charge on any atom is -0.311 e. The minimum absolute atomic E-state index is 0.000179. The lowest BCUT2D eigenvalue weighted by atomic mass is 9.28. The number of hydrogen-bond donors (Lipinski definition) is 0. The van der Waals surface area contributed by atoms with Gasteiger partial charge in [0.1, 0.15) is 0 Å². The van der Waals surface area contributed by atoms with Gasteiger partial charge in [0.15, 0.2) is 0 Å². The molecule has 2 unspecified atom stereocenters. The number of para-hydroxylation sites is 5. The molecule has 460 valence electrons. The van der Waals surface area contributed by atoms with Crippen LogP contribution < -0.4 is 41.5 Å². The summed E-state index contributed by atoms with van der Waals surface area (Å²) in [5.41, 5.74) is 29.8. The normalized spacial score (nSPS) is 15.1. The van der Waals surface area contributed by atoms with Crippen LogP contribution in [-0.4, -0.2) is 18.7 Å². The van der Waals surface area contributed by atoms with Crippen LogP contribution in [0.4, 0.5) is 62.6 Å². The Hall–Kier alpha value is -11.4. The van der Waals surface area contributed by atoms with Crippen molar-refractivity contribution in [2.75, 3.05) is 19.6 Å². The molecule has 0 amide bonds. The summed E-state index contributed by atoms with van der Waals surface area (Å²) < 4.78 is 0. The van der Waals surface area contributed by atoms with Crippen molar-refractivity contribution in [1.29, 1.82) is 0 Å². The summed E-state index contributed by atoms with van der Waals surface area (Å²) in [6, 6.07) is 130. The highest BCUT2D eigenvalue weighted by molar-refractivity contribution is 8.00. The first-order valence-corrected chi connectivity index (χ1v) is 35.6. The van der Waals surface area contributed by atoms with E-state index in [9.17, 15) is 0 Å². The van der Waals surface area contributed by atoms with E-state index in [1.807, 2.05) is 23.5 Å². The molecule has 0 aromatic heterocycles. The summed E-state index contributed by atoms with van der Waals surface area (Å²) in [7, 11) is 0. The molecule has 2 atom stereocenters. The summed E-state index contributed by atoms with van der Waals surface area (Å²) in [6.45, 7) is -0.0595. The Bertz CT molecular complexity index is 5330. The Morgan fingerprint density at radius 3 is 1.41 bits per heavy atom. The van der Waals surface area contributed by atoms with Gasteiger partial charge in [-0.3, -0.25) is 0 Å². The molecular formula is C90H62B2N4S2. The zero-order valence-corrected chi connectivity index (χ0v) is 55.2. The fraction of sp³-hybridized carbons (Fsp3) is 0.0222. The van der Waals surface area contributed by atoms with Crippen LogP contribution in [0.3, 0.4) is 0 Å². The van der Waals surface area contributed by atoms with Gasteiger partial charge in [-0.2, -0.15) is 0 Å². The SMILES string of the molecule is C1=C2B3c4ccccc4Sc4cc(N(c5ccccc5)c5ccccc5)cc(c43)N(c3c(-c4ccccc4)cccc3-c3ccccc3)C2=CC2Sc3cc(N(c4ccc(-c5ccccc5)cc4)c4cccc(-c5ccccc5)c4)cc4c3B(c3ccccc3N4c3ccccc3)C12. The maximum absolute atomic E-state index is 2.78. The molecule has 0 radical (unpaired) electrons. The second-order valence-electron chi connectivity index (χ2n) is 25.8. The minimum atomic E-state index is -0.0673. The third kappa shape index (κ3) is 9.88. The topological polar surface area (TPSA) is 13.0 Å². The summed E-state index contributed by atoms with van der Waals surface area (Å²) >= 11 is 3.95. The first kappa shape index (κ1) is 58.0. The van der Waals surface area contributed by atoms with E-state index in [2.05, 4.69) is 384 Å². The van der Waals surface area contributed by atoms with E-state index >= 15 is 0 Å². The average Bonchev–Trinajstić information content (AvgIpc) is 0.693. The van der Waals surface area contributed by atoms with Gasteiger partial charge in [0.25, 0.3) is 0 Å². The van der Waals surface area contributed by atoms with Gasteiger partial charge in [-0.1, -0.05) is 278 Å². The predicted octanol–water partition coefficient (Wildman–Crippen LogP) is 21.8. The van der Waals surface area contributed by atoms with Crippen molar-refractivity contribution >= 4 is 121 Å². The van der Waals surface area contributed by atoms with Crippen LogP contribution in [0, 0.1) is 0 Å². The fourth-order valence-electron chi connectivity index (χ4n) is 16.0. The van der Waals surface area contributed by atoms with Gasteiger partial charge in [0.2, 0.25) is 13.4 Å². The largest absolute Gasteiger partial charge is 0.311 e. The van der Waals surface area contributed by atoms with E-state index < -0.39 is 0 Å². The quantitative estimate of drug-likeness (QED) is 0.112. The highest BCUT2D eigenvalue weighted by Crippen LogP contribution is 2.57. The third-order valence-corrected chi connectivity index (χ3v) is 22.7. The second kappa shape index (κ2) is 24.4. The monoisotopic (exact) mass is 1280 g/mol. The number of allylic oxidation sites excluding steroid dienone is 2. The number of rotatable bonds is 12. The number of hydrogen-bond acceptors (Lipinski definition) is 6. The van der Waals surface area contributed by atoms with Crippen molar-refractivity contribution in [2.45, 2.75) is 25.8 Å². The van der Waals surface area contributed by atoms with E-state index in [-0.39, 0.29) is 24.5 Å². The van der Waals surface area contributed by atoms with Crippen LogP contribution in [0.15, 0.2) is 390 Å². The van der Waals surface area contributed by atoms with E-state index in [1.165, 1.54) is 104 Å². The Kier molecular flexibility index (Phi) is 14.4. The number of nitrogens with zero attached hydrogens (tertiary/aromatic N) is 4. The standard InChI is InChI=1S/C90H62B2N4S2/c1-8-28-61(29-9-1)63-50-52-70(53-51-63)94(71-43-26-36-66(54-71)62-30-10-2-11-31-62)73-55-82-88-87(58-73)98-85-60-81-78(59-79(85)91(88)76-46-22-24-48-80(76)95(82)69-41-20-7-21-42-69)92-77-47-23-25-49-84(77)97-86-57-72(93(67-37-16-5-17-38-67)68-39-18-6-19-40-68)56-83(89(86)92)96(81)90-74(64-32-12-3-13-33-64)44-27-45-75(90)65-34-14-4-15-35-65/h1-60,79,85H. The molecule has 4 nitrogen and oxygen atoms in total. The highest BCUT2D eigenvalue weighted by Gasteiger charge is 2.52. The van der Waals surface area contributed by atoms with E-state index in [1.54, 1.807) is 0 Å². The summed E-state index contributed by atoms with van der Waals surface area (Å²) in [5.74, 6) is 0.0663. The molecule has 0 spiro atoms. The van der Waals surface area contributed by atoms with Crippen molar-refractivity contribution in [3.05, 3.63) is 375 Å². The van der Waals surface area contributed by atoms with Gasteiger partial charge in [-0.15, -0.1) is 11.8 Å². The summed E-state index contributed by atoms with van der Waals surface area (Å²) in [5, 5.41) is -0.000179. The van der Waals surface area contributed by atoms with Gasteiger partial charge in [0.05, 0.1) is 5.69 Å². The van der Waals surface area contributed by atoms with Gasteiger partial charge >= 0.3 is 0 Å². The lowest BCUT2D eigenvalue weighted by Gasteiger charge is -2.49. The molecule has 5 aliphatic rings.